The number of rotatable bonds is 6. The molecule has 1 aliphatic heterocycles. The second-order valence-electron chi connectivity index (χ2n) is 7.03. The molecule has 136 valence electrons. The van der Waals surface area contributed by atoms with Gasteiger partial charge in [-0.1, -0.05) is 12.1 Å². The normalized spacial score (nSPS) is 17.9. The number of hydrogen-bond acceptors (Lipinski definition) is 5. The number of oxazole rings is 1. The summed E-state index contributed by atoms with van der Waals surface area (Å²) < 4.78 is 5.91. The third kappa shape index (κ3) is 4.38. The number of nitrogens with zero attached hydrogens (tertiary/aromatic N) is 3. The number of nitrogens with one attached hydrogen (secondary N) is 1. The van der Waals surface area contributed by atoms with Crippen molar-refractivity contribution < 1.29 is 9.21 Å². The molecule has 0 saturated carbocycles. The molecule has 25 heavy (non-hydrogen) atoms. The zero-order valence-electron chi connectivity index (χ0n) is 15.4. The summed E-state index contributed by atoms with van der Waals surface area (Å²) in [6, 6.07) is 8.04. The molecular formula is C19H28N4O2. The van der Waals surface area contributed by atoms with Crippen LogP contribution in [0.15, 0.2) is 28.7 Å². The number of likely N-dealkylation sites (tertiary alicyclic amines) is 1. The van der Waals surface area contributed by atoms with Gasteiger partial charge in [-0.3, -0.25) is 14.6 Å². The summed E-state index contributed by atoms with van der Waals surface area (Å²) in [6.45, 7) is 5.66. The Morgan fingerprint density at radius 2 is 2.12 bits per heavy atom. The van der Waals surface area contributed by atoms with Crippen LogP contribution in [-0.2, 0) is 4.79 Å². The lowest BCUT2D eigenvalue weighted by Crippen LogP contribution is -2.42. The molecule has 1 atom stereocenters. The van der Waals surface area contributed by atoms with Gasteiger partial charge in [0, 0.05) is 13.6 Å². The van der Waals surface area contributed by atoms with E-state index in [2.05, 4.69) is 34.1 Å². The molecule has 1 aromatic carbocycles. The SMILES string of the molecule is CNC(=O)CN1CCC(CN(C)C(C)c2nc3ccccc3o2)CC1. The molecule has 1 aromatic heterocycles. The van der Waals surface area contributed by atoms with Crippen molar-refractivity contribution in [3.05, 3.63) is 30.2 Å². The predicted octanol–water partition coefficient (Wildman–Crippen LogP) is 2.28. The highest BCUT2D eigenvalue weighted by Gasteiger charge is 2.25. The highest BCUT2D eigenvalue weighted by atomic mass is 16.3. The Labute approximate surface area is 149 Å². The smallest absolute Gasteiger partial charge is 0.233 e. The van der Waals surface area contributed by atoms with Crippen molar-refractivity contribution in [1.29, 1.82) is 0 Å². The van der Waals surface area contributed by atoms with Gasteiger partial charge in [0.2, 0.25) is 11.8 Å². The van der Waals surface area contributed by atoms with Crippen molar-refractivity contribution in [1.82, 2.24) is 20.1 Å². The molecular weight excluding hydrogens is 316 g/mol. The lowest BCUT2D eigenvalue weighted by molar-refractivity contribution is -0.122. The summed E-state index contributed by atoms with van der Waals surface area (Å²) >= 11 is 0. The predicted molar refractivity (Wildman–Crippen MR) is 98.3 cm³/mol. The lowest BCUT2D eigenvalue weighted by Gasteiger charge is -2.34. The summed E-state index contributed by atoms with van der Waals surface area (Å²) in [4.78, 5) is 20.7. The molecule has 0 bridgehead atoms. The topological polar surface area (TPSA) is 61.6 Å². The average molecular weight is 344 g/mol. The van der Waals surface area contributed by atoms with Gasteiger partial charge in [0.05, 0.1) is 12.6 Å². The van der Waals surface area contributed by atoms with E-state index in [-0.39, 0.29) is 11.9 Å². The Morgan fingerprint density at radius 1 is 1.40 bits per heavy atom. The molecule has 1 saturated heterocycles. The van der Waals surface area contributed by atoms with Gasteiger partial charge in [-0.05, 0) is 58.0 Å². The number of benzene rings is 1. The Kier molecular flexibility index (Phi) is 5.71. The van der Waals surface area contributed by atoms with Crippen molar-refractivity contribution in [2.75, 3.05) is 40.3 Å². The van der Waals surface area contributed by atoms with Crippen molar-refractivity contribution >= 4 is 17.0 Å². The third-order valence-electron chi connectivity index (χ3n) is 5.23. The zero-order valence-corrected chi connectivity index (χ0v) is 15.4. The Hall–Kier alpha value is -1.92. The second kappa shape index (κ2) is 7.97. The Morgan fingerprint density at radius 3 is 2.80 bits per heavy atom. The number of para-hydroxylation sites is 2. The number of amides is 1. The zero-order chi connectivity index (χ0) is 17.8. The fourth-order valence-corrected chi connectivity index (χ4v) is 3.43. The minimum Gasteiger partial charge on any atom is -0.439 e. The number of aromatic nitrogens is 1. The molecule has 1 amide bonds. The van der Waals surface area contributed by atoms with Gasteiger partial charge in [-0.25, -0.2) is 4.98 Å². The standard InChI is InChI=1S/C19H28N4O2/c1-14(19-21-16-6-4-5-7-17(16)25-19)22(3)12-15-8-10-23(11-9-15)13-18(24)20-2/h4-7,14-15H,8-13H2,1-3H3,(H,20,24). The van der Waals surface area contributed by atoms with Crippen LogP contribution in [0.4, 0.5) is 0 Å². The highest BCUT2D eigenvalue weighted by Crippen LogP contribution is 2.26. The van der Waals surface area contributed by atoms with E-state index in [0.29, 0.717) is 12.5 Å². The minimum atomic E-state index is 0.0974. The summed E-state index contributed by atoms with van der Waals surface area (Å²) in [5.41, 5.74) is 1.76. The van der Waals surface area contributed by atoms with E-state index in [1.807, 2.05) is 24.3 Å². The van der Waals surface area contributed by atoms with Crippen molar-refractivity contribution in [3.63, 3.8) is 0 Å². The van der Waals surface area contributed by atoms with Crippen LogP contribution in [0, 0.1) is 5.92 Å². The number of likely N-dealkylation sites (N-methyl/N-ethyl adjacent to an activating group) is 1. The van der Waals surface area contributed by atoms with Crippen LogP contribution in [0.1, 0.15) is 31.7 Å². The lowest BCUT2D eigenvalue weighted by atomic mass is 9.96. The Balaban J connectivity index is 1.52. The van der Waals surface area contributed by atoms with Crippen LogP contribution in [0.2, 0.25) is 0 Å². The number of piperidine rings is 1. The van der Waals surface area contributed by atoms with Crippen LogP contribution in [0.5, 0.6) is 0 Å². The summed E-state index contributed by atoms with van der Waals surface area (Å²) in [7, 11) is 3.83. The Bertz CT molecular complexity index is 673. The van der Waals surface area contributed by atoms with E-state index in [4.69, 9.17) is 4.42 Å². The first-order chi connectivity index (χ1) is 12.1. The molecule has 6 nitrogen and oxygen atoms in total. The van der Waals surface area contributed by atoms with Crippen molar-refractivity contribution in [2.24, 2.45) is 5.92 Å². The largest absolute Gasteiger partial charge is 0.439 e. The van der Waals surface area contributed by atoms with Gasteiger partial charge in [0.25, 0.3) is 0 Å². The van der Waals surface area contributed by atoms with Gasteiger partial charge in [-0.2, -0.15) is 0 Å². The first kappa shape index (κ1) is 17.9. The molecule has 0 aliphatic carbocycles. The molecule has 1 fully saturated rings. The average Bonchev–Trinajstić information content (AvgIpc) is 3.06. The minimum absolute atomic E-state index is 0.0974. The van der Waals surface area contributed by atoms with Crippen molar-refractivity contribution in [3.8, 4) is 0 Å². The fraction of sp³-hybridized carbons (Fsp3) is 0.579. The first-order valence-electron chi connectivity index (χ1n) is 9.05. The molecule has 3 rings (SSSR count). The van der Waals surface area contributed by atoms with Gasteiger partial charge in [0.1, 0.15) is 5.52 Å². The van der Waals surface area contributed by atoms with Gasteiger partial charge < -0.3 is 9.73 Å². The number of carbonyl (C=O) groups excluding carboxylic acids is 1. The van der Waals surface area contributed by atoms with Crippen LogP contribution in [0.25, 0.3) is 11.1 Å². The molecule has 1 N–H and O–H groups in total. The van der Waals surface area contributed by atoms with Crippen molar-refractivity contribution in [2.45, 2.75) is 25.8 Å². The number of hydrogen-bond donors (Lipinski definition) is 1. The molecule has 1 unspecified atom stereocenters. The van der Waals surface area contributed by atoms with Crippen LogP contribution < -0.4 is 5.32 Å². The monoisotopic (exact) mass is 344 g/mol. The molecule has 6 heteroatoms. The maximum Gasteiger partial charge on any atom is 0.233 e. The summed E-state index contributed by atoms with van der Waals surface area (Å²) in [5.74, 6) is 1.53. The first-order valence-corrected chi connectivity index (χ1v) is 9.05. The van der Waals surface area contributed by atoms with Gasteiger partial charge >= 0.3 is 0 Å². The maximum absolute atomic E-state index is 11.5. The van der Waals surface area contributed by atoms with E-state index in [1.54, 1.807) is 7.05 Å². The maximum atomic E-state index is 11.5. The highest BCUT2D eigenvalue weighted by molar-refractivity contribution is 5.77. The molecule has 2 aromatic rings. The molecule has 0 spiro atoms. The molecule has 0 radical (unpaired) electrons. The molecule has 2 heterocycles. The van der Waals surface area contributed by atoms with E-state index >= 15 is 0 Å². The summed E-state index contributed by atoms with van der Waals surface area (Å²) in [6.07, 6.45) is 2.25. The quantitative estimate of drug-likeness (QED) is 0.871. The van der Waals surface area contributed by atoms with E-state index in [9.17, 15) is 4.79 Å². The second-order valence-corrected chi connectivity index (χ2v) is 7.03. The third-order valence-corrected chi connectivity index (χ3v) is 5.23. The number of fused-ring (bicyclic) bond motifs is 1. The summed E-state index contributed by atoms with van der Waals surface area (Å²) in [5, 5.41) is 2.69. The van der Waals surface area contributed by atoms with E-state index in [0.717, 1.165) is 49.5 Å². The van der Waals surface area contributed by atoms with Crippen LogP contribution >= 0.6 is 0 Å². The van der Waals surface area contributed by atoms with Crippen LogP contribution in [0.3, 0.4) is 0 Å². The fourth-order valence-electron chi connectivity index (χ4n) is 3.43. The van der Waals surface area contributed by atoms with E-state index in [1.165, 1.54) is 0 Å². The van der Waals surface area contributed by atoms with E-state index < -0.39 is 0 Å². The van der Waals surface area contributed by atoms with Gasteiger partial charge in [-0.15, -0.1) is 0 Å². The number of carbonyl (C=O) groups is 1. The molecule has 1 aliphatic rings. The van der Waals surface area contributed by atoms with Gasteiger partial charge in [0.15, 0.2) is 5.58 Å². The van der Waals surface area contributed by atoms with Crippen LogP contribution in [-0.4, -0.2) is 61.0 Å².